The fraction of sp³-hybridized carbons (Fsp3) is 0.867. The Kier molecular flexibility index (Phi) is 3.44. The first kappa shape index (κ1) is 12.2. The molecular formula is C15H26O. The average molecular weight is 222 g/mol. The molecule has 3 aliphatic rings. The lowest BCUT2D eigenvalue weighted by molar-refractivity contribution is -0.117. The summed E-state index contributed by atoms with van der Waals surface area (Å²) in [6.07, 6.45) is 9.10. The number of fused-ring (bicyclic) bond motifs is 2. The van der Waals surface area contributed by atoms with Gasteiger partial charge in [0.05, 0.1) is 6.61 Å². The van der Waals surface area contributed by atoms with Gasteiger partial charge < -0.3 is 5.11 Å². The highest BCUT2D eigenvalue weighted by atomic mass is 16.3. The first-order valence-electron chi connectivity index (χ1n) is 6.84. The molecule has 92 valence electrons. The minimum Gasteiger partial charge on any atom is -0.392 e. The minimum absolute atomic E-state index is 0.222. The summed E-state index contributed by atoms with van der Waals surface area (Å²) in [5.74, 6) is 2.92. The zero-order valence-electron chi connectivity index (χ0n) is 11.0. The molecule has 1 N–H and O–H groups in total. The van der Waals surface area contributed by atoms with Crippen LogP contribution < -0.4 is 0 Å². The van der Waals surface area contributed by atoms with Gasteiger partial charge in [-0.15, -0.1) is 0 Å². The number of aliphatic hydroxyl groups is 1. The molecule has 0 radical (unpaired) electrons. The molecule has 0 amide bonds. The van der Waals surface area contributed by atoms with E-state index >= 15 is 0 Å². The highest BCUT2D eigenvalue weighted by Gasteiger charge is 2.54. The summed E-state index contributed by atoms with van der Waals surface area (Å²) in [7, 11) is 0. The van der Waals surface area contributed by atoms with Crippen molar-refractivity contribution in [3.63, 3.8) is 0 Å². The van der Waals surface area contributed by atoms with Gasteiger partial charge in [-0.3, -0.25) is 0 Å². The Morgan fingerprint density at radius 1 is 1.44 bits per heavy atom. The Bertz CT molecular complexity index is 279. The van der Waals surface area contributed by atoms with Crippen LogP contribution in [0.1, 0.15) is 52.9 Å². The first-order chi connectivity index (χ1) is 7.58. The van der Waals surface area contributed by atoms with Crippen LogP contribution in [0.3, 0.4) is 0 Å². The van der Waals surface area contributed by atoms with Crippen LogP contribution in [0.25, 0.3) is 0 Å². The summed E-state index contributed by atoms with van der Waals surface area (Å²) in [6, 6.07) is 0. The maximum absolute atomic E-state index is 8.97. The van der Waals surface area contributed by atoms with Crippen molar-refractivity contribution in [3.05, 3.63) is 11.6 Å². The number of aliphatic hydroxyl groups excluding tert-OH is 1. The van der Waals surface area contributed by atoms with Gasteiger partial charge >= 0.3 is 0 Å². The van der Waals surface area contributed by atoms with Crippen molar-refractivity contribution >= 4 is 0 Å². The molecular weight excluding hydrogens is 196 g/mol. The molecule has 3 saturated carbocycles. The normalized spacial score (nSPS) is 43.0. The fourth-order valence-corrected chi connectivity index (χ4v) is 4.07. The van der Waals surface area contributed by atoms with E-state index in [2.05, 4.69) is 19.9 Å². The third-order valence-corrected chi connectivity index (χ3v) is 5.40. The molecule has 0 aromatic carbocycles. The van der Waals surface area contributed by atoms with Crippen LogP contribution in [-0.4, -0.2) is 11.7 Å². The largest absolute Gasteiger partial charge is 0.392 e. The fourth-order valence-electron chi connectivity index (χ4n) is 4.07. The van der Waals surface area contributed by atoms with Gasteiger partial charge in [0, 0.05) is 0 Å². The second-order valence-electron chi connectivity index (χ2n) is 6.35. The Labute approximate surface area is 99.9 Å². The molecule has 3 fully saturated rings. The number of hydrogen-bond acceptors (Lipinski definition) is 1. The van der Waals surface area contributed by atoms with Crippen molar-refractivity contribution in [3.8, 4) is 0 Å². The summed E-state index contributed by atoms with van der Waals surface area (Å²) < 4.78 is 0. The van der Waals surface area contributed by atoms with Gasteiger partial charge in [-0.2, -0.15) is 0 Å². The van der Waals surface area contributed by atoms with E-state index in [4.69, 9.17) is 5.11 Å². The maximum atomic E-state index is 8.97. The molecule has 4 unspecified atom stereocenters. The molecule has 3 rings (SSSR count). The van der Waals surface area contributed by atoms with E-state index in [-0.39, 0.29) is 6.61 Å². The molecule has 0 aliphatic heterocycles. The zero-order chi connectivity index (χ0) is 11.8. The standard InChI is InChI=1S/C15H26O/c1-11(10-16)5-4-8-15(3)13-7-6-12(2)14(15)9-13/h5,12-14,16H,4,6-10H2,1-3H3/b11-5-. The Morgan fingerprint density at radius 2 is 2.19 bits per heavy atom. The third kappa shape index (κ3) is 1.95. The van der Waals surface area contributed by atoms with E-state index in [9.17, 15) is 0 Å². The first-order valence-corrected chi connectivity index (χ1v) is 6.84. The molecule has 1 nitrogen and oxygen atoms in total. The predicted molar refractivity (Wildman–Crippen MR) is 68.2 cm³/mol. The quantitative estimate of drug-likeness (QED) is 0.718. The van der Waals surface area contributed by atoms with Crippen molar-refractivity contribution in [2.75, 3.05) is 6.61 Å². The smallest absolute Gasteiger partial charge is 0.0639 e. The lowest BCUT2D eigenvalue weighted by Crippen LogP contribution is -2.53. The van der Waals surface area contributed by atoms with Gasteiger partial charge in [-0.25, -0.2) is 0 Å². The minimum atomic E-state index is 0.222. The summed E-state index contributed by atoms with van der Waals surface area (Å²) in [5.41, 5.74) is 1.74. The zero-order valence-corrected chi connectivity index (χ0v) is 11.0. The molecule has 0 saturated heterocycles. The van der Waals surface area contributed by atoms with Crippen LogP contribution >= 0.6 is 0 Å². The van der Waals surface area contributed by atoms with Gasteiger partial charge in [0.15, 0.2) is 0 Å². The predicted octanol–water partition coefficient (Wildman–Crippen LogP) is 3.78. The van der Waals surface area contributed by atoms with Crippen LogP contribution in [0.2, 0.25) is 0 Å². The molecule has 0 aromatic rings. The van der Waals surface area contributed by atoms with E-state index in [0.29, 0.717) is 5.41 Å². The van der Waals surface area contributed by atoms with Crippen LogP contribution in [-0.2, 0) is 0 Å². The van der Waals surface area contributed by atoms with Crippen LogP contribution in [0.4, 0.5) is 0 Å². The van der Waals surface area contributed by atoms with Crippen molar-refractivity contribution in [2.45, 2.75) is 52.9 Å². The van der Waals surface area contributed by atoms with E-state index in [1.165, 1.54) is 25.7 Å². The second-order valence-corrected chi connectivity index (χ2v) is 6.35. The molecule has 16 heavy (non-hydrogen) atoms. The third-order valence-electron chi connectivity index (χ3n) is 5.40. The monoisotopic (exact) mass is 222 g/mol. The topological polar surface area (TPSA) is 20.2 Å². The van der Waals surface area contributed by atoms with Crippen molar-refractivity contribution in [1.82, 2.24) is 0 Å². The lowest BCUT2D eigenvalue weighted by Gasteiger charge is -2.61. The van der Waals surface area contributed by atoms with Gasteiger partial charge in [0.2, 0.25) is 0 Å². The lowest BCUT2D eigenvalue weighted by atomic mass is 9.44. The molecule has 1 heteroatoms. The maximum Gasteiger partial charge on any atom is 0.0639 e. The number of allylic oxidation sites excluding steroid dienone is 1. The van der Waals surface area contributed by atoms with Gasteiger partial charge in [0.25, 0.3) is 0 Å². The SMILES string of the molecule is C/C(=C/CCC1(C)C2CCC(C)C1C2)CO. The summed E-state index contributed by atoms with van der Waals surface area (Å²) in [4.78, 5) is 0. The van der Waals surface area contributed by atoms with Crippen LogP contribution in [0, 0.1) is 23.2 Å². The van der Waals surface area contributed by atoms with Gasteiger partial charge in [0.1, 0.15) is 0 Å². The Morgan fingerprint density at radius 3 is 2.75 bits per heavy atom. The highest BCUT2D eigenvalue weighted by molar-refractivity contribution is 5.06. The van der Waals surface area contributed by atoms with Crippen molar-refractivity contribution < 1.29 is 5.11 Å². The number of rotatable bonds is 4. The molecule has 2 bridgehead atoms. The highest BCUT2D eigenvalue weighted by Crippen LogP contribution is 2.63. The van der Waals surface area contributed by atoms with E-state index < -0.39 is 0 Å². The molecule has 0 heterocycles. The van der Waals surface area contributed by atoms with Crippen LogP contribution in [0.5, 0.6) is 0 Å². The van der Waals surface area contributed by atoms with Gasteiger partial charge in [-0.1, -0.05) is 31.9 Å². The summed E-state index contributed by atoms with van der Waals surface area (Å²) in [6.45, 7) is 7.18. The van der Waals surface area contributed by atoms with Crippen molar-refractivity contribution in [1.29, 1.82) is 0 Å². The molecule has 3 aliphatic carbocycles. The Balaban J connectivity index is 1.90. The van der Waals surface area contributed by atoms with E-state index in [1.54, 1.807) is 0 Å². The Hall–Kier alpha value is -0.300. The molecule has 0 spiro atoms. The number of hydrogen-bond donors (Lipinski definition) is 1. The second kappa shape index (κ2) is 4.52. The average Bonchev–Trinajstić information content (AvgIpc) is 2.28. The molecule has 4 atom stereocenters. The van der Waals surface area contributed by atoms with Gasteiger partial charge in [-0.05, 0) is 55.8 Å². The summed E-state index contributed by atoms with van der Waals surface area (Å²) in [5, 5.41) is 8.97. The van der Waals surface area contributed by atoms with Crippen LogP contribution in [0.15, 0.2) is 11.6 Å². The summed E-state index contributed by atoms with van der Waals surface area (Å²) >= 11 is 0. The van der Waals surface area contributed by atoms with Crippen molar-refractivity contribution in [2.24, 2.45) is 23.2 Å². The van der Waals surface area contributed by atoms with E-state index in [1.807, 2.05) is 6.92 Å². The molecule has 0 aromatic heterocycles. The van der Waals surface area contributed by atoms with E-state index in [0.717, 1.165) is 29.7 Å².